The lowest BCUT2D eigenvalue weighted by atomic mass is 10.1. The summed E-state index contributed by atoms with van der Waals surface area (Å²) in [6, 6.07) is 7.55. The van der Waals surface area contributed by atoms with E-state index < -0.39 is 0 Å². The zero-order valence-electron chi connectivity index (χ0n) is 16.3. The third kappa shape index (κ3) is 7.00. The molecule has 0 spiro atoms. The molecule has 0 radical (unpaired) electrons. The lowest BCUT2D eigenvalue weighted by Gasteiger charge is -2.36. The van der Waals surface area contributed by atoms with Gasteiger partial charge >= 0.3 is 0 Å². The molecule has 8 heteroatoms. The molecule has 0 bridgehead atoms. The summed E-state index contributed by atoms with van der Waals surface area (Å²) < 4.78 is 0. The molecule has 0 aromatic heterocycles. The lowest BCUT2D eigenvalue weighted by molar-refractivity contribution is -0.130. The second-order valence-corrected chi connectivity index (χ2v) is 6.22. The number of aliphatic imine (C=N–C) groups is 1. The summed E-state index contributed by atoms with van der Waals surface area (Å²) in [5.41, 5.74) is 1.64. The molecule has 1 aromatic rings. The smallest absolute Gasteiger partial charge is 0.251 e. The van der Waals surface area contributed by atoms with Crippen LogP contribution in [0.3, 0.4) is 0 Å². The SMILES string of the molecule is CCNC(=O)c1cccc(CN=C(NCC)N2CCN(C(C)=O)CC2)c1.I. The zero-order valence-corrected chi connectivity index (χ0v) is 18.7. The standard InChI is InChI=1S/C19H29N5O2.HI/c1-4-20-18(26)17-8-6-7-16(13-17)14-22-19(21-5-2)24-11-9-23(10-12-24)15(3)25;/h6-8,13H,4-5,9-12,14H2,1-3H3,(H,20,26)(H,21,22);1H. The van der Waals surface area contributed by atoms with E-state index in [1.807, 2.05) is 43.0 Å². The Kier molecular flexibility index (Phi) is 10.1. The predicted octanol–water partition coefficient (Wildman–Crippen LogP) is 1.68. The molecule has 1 aromatic carbocycles. The van der Waals surface area contributed by atoms with Crippen LogP contribution < -0.4 is 10.6 Å². The predicted molar refractivity (Wildman–Crippen MR) is 119 cm³/mol. The van der Waals surface area contributed by atoms with Gasteiger partial charge in [0, 0.05) is 51.8 Å². The number of rotatable bonds is 5. The van der Waals surface area contributed by atoms with Crippen molar-refractivity contribution in [2.24, 2.45) is 4.99 Å². The molecular formula is C19H30IN5O2. The van der Waals surface area contributed by atoms with Crippen LogP contribution >= 0.6 is 24.0 Å². The summed E-state index contributed by atoms with van der Waals surface area (Å²) in [4.78, 5) is 32.2. The highest BCUT2D eigenvalue weighted by Crippen LogP contribution is 2.08. The van der Waals surface area contributed by atoms with E-state index in [0.29, 0.717) is 31.7 Å². The van der Waals surface area contributed by atoms with E-state index in [0.717, 1.165) is 31.2 Å². The van der Waals surface area contributed by atoms with E-state index in [1.54, 1.807) is 6.92 Å². The molecule has 0 aliphatic carbocycles. The van der Waals surface area contributed by atoms with Crippen molar-refractivity contribution in [3.63, 3.8) is 0 Å². The number of hydrogen-bond acceptors (Lipinski definition) is 3. The van der Waals surface area contributed by atoms with Crippen molar-refractivity contribution in [3.8, 4) is 0 Å². The number of carbonyl (C=O) groups is 2. The number of piperazine rings is 1. The summed E-state index contributed by atoms with van der Waals surface area (Å²) in [7, 11) is 0. The van der Waals surface area contributed by atoms with Crippen LogP contribution in [0.25, 0.3) is 0 Å². The Morgan fingerprint density at radius 3 is 2.26 bits per heavy atom. The van der Waals surface area contributed by atoms with Gasteiger partial charge in [-0.3, -0.25) is 9.59 Å². The van der Waals surface area contributed by atoms with Gasteiger partial charge in [-0.15, -0.1) is 24.0 Å². The Morgan fingerprint density at radius 1 is 1.04 bits per heavy atom. The summed E-state index contributed by atoms with van der Waals surface area (Å²) in [5.74, 6) is 0.901. The first-order valence-corrected chi connectivity index (χ1v) is 9.21. The summed E-state index contributed by atoms with van der Waals surface area (Å²) >= 11 is 0. The molecule has 0 atom stereocenters. The maximum Gasteiger partial charge on any atom is 0.251 e. The van der Waals surface area contributed by atoms with Gasteiger partial charge in [-0.25, -0.2) is 4.99 Å². The topological polar surface area (TPSA) is 77.0 Å². The minimum atomic E-state index is -0.0643. The number of halogens is 1. The van der Waals surface area contributed by atoms with Gasteiger partial charge in [0.25, 0.3) is 5.91 Å². The fourth-order valence-electron chi connectivity index (χ4n) is 2.90. The van der Waals surface area contributed by atoms with Crippen LogP contribution in [-0.4, -0.2) is 66.8 Å². The first-order valence-electron chi connectivity index (χ1n) is 9.21. The van der Waals surface area contributed by atoms with E-state index in [-0.39, 0.29) is 35.8 Å². The quantitative estimate of drug-likeness (QED) is 0.377. The number of guanidine groups is 1. The van der Waals surface area contributed by atoms with Gasteiger partial charge in [-0.05, 0) is 31.5 Å². The zero-order chi connectivity index (χ0) is 18.9. The van der Waals surface area contributed by atoms with Crippen LogP contribution in [0, 0.1) is 0 Å². The minimum absolute atomic E-state index is 0. The van der Waals surface area contributed by atoms with Crippen molar-refractivity contribution in [2.45, 2.75) is 27.3 Å². The van der Waals surface area contributed by atoms with E-state index in [4.69, 9.17) is 4.99 Å². The minimum Gasteiger partial charge on any atom is -0.357 e. The van der Waals surface area contributed by atoms with Gasteiger partial charge in [-0.2, -0.15) is 0 Å². The van der Waals surface area contributed by atoms with Crippen molar-refractivity contribution in [1.82, 2.24) is 20.4 Å². The van der Waals surface area contributed by atoms with E-state index in [2.05, 4.69) is 15.5 Å². The van der Waals surface area contributed by atoms with Gasteiger partial charge in [0.05, 0.1) is 6.54 Å². The number of benzene rings is 1. The molecule has 2 N–H and O–H groups in total. The molecule has 1 heterocycles. The maximum absolute atomic E-state index is 12.0. The van der Waals surface area contributed by atoms with Gasteiger partial charge in [-0.1, -0.05) is 12.1 Å². The molecule has 7 nitrogen and oxygen atoms in total. The third-order valence-electron chi connectivity index (χ3n) is 4.30. The van der Waals surface area contributed by atoms with Crippen molar-refractivity contribution < 1.29 is 9.59 Å². The number of hydrogen-bond donors (Lipinski definition) is 2. The van der Waals surface area contributed by atoms with Crippen molar-refractivity contribution in [3.05, 3.63) is 35.4 Å². The Labute approximate surface area is 178 Å². The second kappa shape index (κ2) is 11.8. The average molecular weight is 487 g/mol. The van der Waals surface area contributed by atoms with E-state index in [9.17, 15) is 9.59 Å². The first-order chi connectivity index (χ1) is 12.5. The molecule has 1 saturated heterocycles. The van der Waals surface area contributed by atoms with E-state index in [1.165, 1.54) is 0 Å². The molecular weight excluding hydrogens is 457 g/mol. The summed E-state index contributed by atoms with van der Waals surface area (Å²) in [5, 5.41) is 6.13. The highest BCUT2D eigenvalue weighted by atomic mass is 127. The number of nitrogens with one attached hydrogen (secondary N) is 2. The van der Waals surface area contributed by atoms with Gasteiger partial charge in [0.2, 0.25) is 5.91 Å². The number of amides is 2. The monoisotopic (exact) mass is 487 g/mol. The summed E-state index contributed by atoms with van der Waals surface area (Å²) in [6.07, 6.45) is 0. The first kappa shape index (κ1) is 23.2. The molecule has 1 aliphatic heterocycles. The fourth-order valence-corrected chi connectivity index (χ4v) is 2.90. The van der Waals surface area contributed by atoms with Gasteiger partial charge in [0.15, 0.2) is 5.96 Å². The maximum atomic E-state index is 12.0. The number of carbonyl (C=O) groups excluding carboxylic acids is 2. The average Bonchev–Trinajstić information content (AvgIpc) is 2.65. The van der Waals surface area contributed by atoms with Crippen LogP contribution in [0.15, 0.2) is 29.3 Å². The van der Waals surface area contributed by atoms with Crippen molar-refractivity contribution in [1.29, 1.82) is 0 Å². The summed E-state index contributed by atoms with van der Waals surface area (Å²) in [6.45, 7) is 10.4. The third-order valence-corrected chi connectivity index (χ3v) is 4.30. The Bertz CT molecular complexity index is 657. The lowest BCUT2D eigenvalue weighted by Crippen LogP contribution is -2.53. The van der Waals surface area contributed by atoms with Crippen LogP contribution in [0.5, 0.6) is 0 Å². The highest BCUT2D eigenvalue weighted by molar-refractivity contribution is 14.0. The Morgan fingerprint density at radius 2 is 1.67 bits per heavy atom. The Balaban J connectivity index is 0.00000364. The molecule has 150 valence electrons. The van der Waals surface area contributed by atoms with Crippen LogP contribution in [0.4, 0.5) is 0 Å². The fraction of sp³-hybridized carbons (Fsp3) is 0.526. The van der Waals surface area contributed by atoms with E-state index >= 15 is 0 Å². The molecule has 1 fully saturated rings. The van der Waals surface area contributed by atoms with Crippen LogP contribution in [0.2, 0.25) is 0 Å². The second-order valence-electron chi connectivity index (χ2n) is 6.22. The molecule has 1 aliphatic rings. The highest BCUT2D eigenvalue weighted by Gasteiger charge is 2.20. The molecule has 2 amide bonds. The van der Waals surface area contributed by atoms with Crippen molar-refractivity contribution >= 4 is 41.8 Å². The molecule has 0 saturated carbocycles. The van der Waals surface area contributed by atoms with Crippen LogP contribution in [0.1, 0.15) is 36.7 Å². The molecule has 0 unspecified atom stereocenters. The number of nitrogens with zero attached hydrogens (tertiary/aromatic N) is 3. The molecule has 27 heavy (non-hydrogen) atoms. The molecule has 2 rings (SSSR count). The van der Waals surface area contributed by atoms with Crippen molar-refractivity contribution in [2.75, 3.05) is 39.3 Å². The Hall–Kier alpha value is -1.84. The normalized spacial score (nSPS) is 14.4. The van der Waals surface area contributed by atoms with Crippen LogP contribution in [-0.2, 0) is 11.3 Å². The largest absolute Gasteiger partial charge is 0.357 e. The van der Waals surface area contributed by atoms with Gasteiger partial charge in [0.1, 0.15) is 0 Å². The van der Waals surface area contributed by atoms with Gasteiger partial charge < -0.3 is 20.4 Å².